The van der Waals surface area contributed by atoms with Crippen LogP contribution in [-0.2, 0) is 0 Å². The van der Waals surface area contributed by atoms with Gasteiger partial charge in [0.2, 0.25) is 0 Å². The van der Waals surface area contributed by atoms with Crippen molar-refractivity contribution in [1.82, 2.24) is 19.7 Å². The number of anilines is 2. The number of rotatable bonds is 4. The van der Waals surface area contributed by atoms with Crippen molar-refractivity contribution in [2.45, 2.75) is 13.8 Å². The fourth-order valence-corrected chi connectivity index (χ4v) is 4.16. The van der Waals surface area contributed by atoms with E-state index in [1.165, 1.54) is 35.6 Å². The van der Waals surface area contributed by atoms with Crippen LogP contribution in [0.3, 0.4) is 0 Å². The second-order valence-corrected chi connectivity index (χ2v) is 7.77. The Hall–Kier alpha value is -3.30. The van der Waals surface area contributed by atoms with Gasteiger partial charge >= 0.3 is 0 Å². The Balaban J connectivity index is 1.75. The maximum Gasteiger partial charge on any atom is 0.268 e. The monoisotopic (exact) mass is 426 g/mol. The van der Waals surface area contributed by atoms with E-state index in [4.69, 9.17) is 17.3 Å². The summed E-state index contributed by atoms with van der Waals surface area (Å²) in [6, 6.07) is 6.72. The van der Waals surface area contributed by atoms with Gasteiger partial charge in [-0.3, -0.25) is 9.59 Å². The molecular weight excluding hydrogens is 412 g/mol. The number of aryl methyl sites for hydroxylation is 1. The van der Waals surface area contributed by atoms with Crippen LogP contribution in [-0.4, -0.2) is 31.4 Å². The van der Waals surface area contributed by atoms with Crippen LogP contribution in [0.25, 0.3) is 15.9 Å². The second kappa shape index (κ2) is 7.26. The van der Waals surface area contributed by atoms with E-state index in [1.54, 1.807) is 31.2 Å². The number of halogens is 1. The third-order valence-electron chi connectivity index (χ3n) is 4.37. The van der Waals surface area contributed by atoms with Crippen LogP contribution < -0.4 is 11.1 Å². The van der Waals surface area contributed by atoms with Crippen LogP contribution in [0.4, 0.5) is 11.4 Å². The molecule has 0 bridgehead atoms. The number of hydrogen-bond donors (Lipinski definition) is 2. The maximum absolute atomic E-state index is 13.0. The van der Waals surface area contributed by atoms with E-state index in [9.17, 15) is 9.59 Å². The number of carbonyl (C=O) groups excluding carboxylic acids is 2. The van der Waals surface area contributed by atoms with Crippen LogP contribution >= 0.6 is 22.9 Å². The molecule has 0 saturated carbocycles. The molecule has 0 unspecified atom stereocenters. The molecule has 10 heteroatoms. The Labute approximate surface area is 174 Å². The van der Waals surface area contributed by atoms with Crippen molar-refractivity contribution in [3.8, 4) is 5.69 Å². The molecule has 29 heavy (non-hydrogen) atoms. The van der Waals surface area contributed by atoms with E-state index < -0.39 is 5.91 Å². The fourth-order valence-electron chi connectivity index (χ4n) is 2.97. The third kappa shape index (κ3) is 3.45. The first-order valence-corrected chi connectivity index (χ1v) is 9.71. The van der Waals surface area contributed by atoms with Gasteiger partial charge in [0, 0.05) is 21.7 Å². The van der Waals surface area contributed by atoms with Gasteiger partial charge in [-0.05, 0) is 38.1 Å². The number of nitrogens with zero attached hydrogens (tertiary/aromatic N) is 4. The summed E-state index contributed by atoms with van der Waals surface area (Å²) in [5, 5.41) is 7.96. The van der Waals surface area contributed by atoms with E-state index in [1.807, 2.05) is 0 Å². The largest absolute Gasteiger partial charge is 0.397 e. The van der Waals surface area contributed by atoms with Crippen molar-refractivity contribution < 1.29 is 9.59 Å². The first kappa shape index (κ1) is 19.0. The minimum absolute atomic E-state index is 0.107. The molecule has 0 saturated heterocycles. The number of ketones is 1. The Morgan fingerprint density at radius 3 is 2.76 bits per heavy atom. The highest BCUT2D eigenvalue weighted by Gasteiger charge is 2.21. The zero-order chi connectivity index (χ0) is 20.7. The smallest absolute Gasteiger partial charge is 0.268 e. The number of nitrogens with two attached hydrogens (primary N) is 1. The number of amides is 1. The number of pyridine rings is 1. The van der Waals surface area contributed by atoms with Crippen molar-refractivity contribution in [3.63, 3.8) is 0 Å². The Kier molecular flexibility index (Phi) is 4.77. The highest BCUT2D eigenvalue weighted by atomic mass is 35.5. The summed E-state index contributed by atoms with van der Waals surface area (Å²) in [5.74, 6) is -0.513. The fraction of sp³-hybridized carbons (Fsp3) is 0.105. The molecule has 0 aliphatic carbocycles. The van der Waals surface area contributed by atoms with Gasteiger partial charge in [0.15, 0.2) is 5.78 Å². The lowest BCUT2D eigenvalue weighted by Crippen LogP contribution is -2.14. The lowest BCUT2D eigenvalue weighted by molar-refractivity contribution is 0.101. The number of hydrogen-bond acceptors (Lipinski definition) is 7. The molecule has 8 nitrogen and oxygen atoms in total. The third-order valence-corrected chi connectivity index (χ3v) is 5.72. The van der Waals surface area contributed by atoms with Crippen molar-refractivity contribution >= 4 is 56.2 Å². The van der Waals surface area contributed by atoms with Gasteiger partial charge in [-0.15, -0.1) is 11.3 Å². The molecule has 0 aliphatic rings. The van der Waals surface area contributed by atoms with Gasteiger partial charge < -0.3 is 11.1 Å². The van der Waals surface area contributed by atoms with Gasteiger partial charge in [0.1, 0.15) is 22.4 Å². The van der Waals surface area contributed by atoms with Crippen LogP contribution in [0.15, 0.2) is 36.9 Å². The molecule has 146 valence electrons. The molecule has 3 N–H and O–H groups in total. The van der Waals surface area contributed by atoms with Crippen molar-refractivity contribution in [2.24, 2.45) is 0 Å². The quantitative estimate of drug-likeness (QED) is 0.478. The predicted molar refractivity (Wildman–Crippen MR) is 113 cm³/mol. The molecule has 0 atom stereocenters. The highest BCUT2D eigenvalue weighted by Crippen LogP contribution is 2.35. The number of nitrogen functional groups attached to an aromatic ring is 1. The van der Waals surface area contributed by atoms with Crippen LogP contribution in [0.2, 0.25) is 5.02 Å². The number of thiophene rings is 1. The van der Waals surface area contributed by atoms with Gasteiger partial charge in [-0.1, -0.05) is 11.6 Å². The van der Waals surface area contributed by atoms with E-state index in [0.29, 0.717) is 42.7 Å². The van der Waals surface area contributed by atoms with E-state index in [-0.39, 0.29) is 11.5 Å². The molecule has 1 aromatic carbocycles. The standard InChI is InChI=1S/C19H15ClN6O2S/c1-9-12(10(2)27)6-13-16(21)17(29-19(13)24-9)18(28)25-14-5-11(20)3-4-15(14)26-8-22-7-23-26/h3-8H,21H2,1-2H3,(H,25,28). The first-order chi connectivity index (χ1) is 13.8. The molecule has 3 heterocycles. The van der Waals surface area contributed by atoms with Gasteiger partial charge in [0.05, 0.1) is 17.1 Å². The number of fused-ring (bicyclic) bond motifs is 1. The number of benzene rings is 1. The highest BCUT2D eigenvalue weighted by molar-refractivity contribution is 7.21. The van der Waals surface area contributed by atoms with Gasteiger partial charge in [-0.25, -0.2) is 14.6 Å². The summed E-state index contributed by atoms with van der Waals surface area (Å²) in [5.41, 5.74) is 8.64. The van der Waals surface area contributed by atoms with E-state index in [0.717, 1.165) is 0 Å². The topological polar surface area (TPSA) is 116 Å². The van der Waals surface area contributed by atoms with Gasteiger partial charge in [-0.2, -0.15) is 5.10 Å². The average molecular weight is 427 g/mol. The summed E-state index contributed by atoms with van der Waals surface area (Å²) in [7, 11) is 0. The molecule has 4 aromatic rings. The van der Waals surface area contributed by atoms with E-state index in [2.05, 4.69) is 20.4 Å². The molecular formula is C19H15ClN6O2S. The lowest BCUT2D eigenvalue weighted by Gasteiger charge is -2.11. The Morgan fingerprint density at radius 1 is 1.28 bits per heavy atom. The molecule has 4 rings (SSSR count). The predicted octanol–water partition coefficient (Wildman–Crippen LogP) is 3.88. The minimum Gasteiger partial charge on any atom is -0.397 e. The Morgan fingerprint density at radius 2 is 2.07 bits per heavy atom. The van der Waals surface area contributed by atoms with Crippen LogP contribution in [0.1, 0.15) is 32.6 Å². The van der Waals surface area contributed by atoms with Crippen molar-refractivity contribution in [1.29, 1.82) is 0 Å². The van der Waals surface area contributed by atoms with E-state index >= 15 is 0 Å². The first-order valence-electron chi connectivity index (χ1n) is 8.51. The zero-order valence-electron chi connectivity index (χ0n) is 15.4. The van der Waals surface area contributed by atoms with Gasteiger partial charge in [0.25, 0.3) is 5.91 Å². The Bertz CT molecular complexity index is 1270. The number of carbonyl (C=O) groups is 2. The maximum atomic E-state index is 13.0. The van der Waals surface area contributed by atoms with Crippen LogP contribution in [0, 0.1) is 6.92 Å². The van der Waals surface area contributed by atoms with Crippen molar-refractivity contribution in [2.75, 3.05) is 11.1 Å². The molecule has 0 radical (unpaired) electrons. The molecule has 0 spiro atoms. The number of Topliss-reactive ketones (excluding diaryl/α,β-unsaturated/α-hetero) is 1. The lowest BCUT2D eigenvalue weighted by atomic mass is 10.1. The average Bonchev–Trinajstić information content (AvgIpc) is 3.29. The summed E-state index contributed by atoms with van der Waals surface area (Å²) in [6.45, 7) is 3.22. The normalized spacial score (nSPS) is 11.0. The van der Waals surface area contributed by atoms with Crippen LogP contribution in [0.5, 0.6) is 0 Å². The molecule has 0 fully saturated rings. The second-order valence-electron chi connectivity index (χ2n) is 6.33. The molecule has 0 aliphatic heterocycles. The number of aromatic nitrogens is 4. The molecule has 1 amide bonds. The summed E-state index contributed by atoms with van der Waals surface area (Å²) in [4.78, 5) is 34.0. The SMILES string of the molecule is CC(=O)c1cc2c(N)c(C(=O)Nc3cc(Cl)ccc3-n3cncn3)sc2nc1C. The number of nitrogens with one attached hydrogen (secondary N) is 1. The summed E-state index contributed by atoms with van der Waals surface area (Å²) in [6.07, 6.45) is 2.91. The summed E-state index contributed by atoms with van der Waals surface area (Å²) < 4.78 is 1.52. The van der Waals surface area contributed by atoms with Crippen molar-refractivity contribution in [3.05, 3.63) is 58.1 Å². The molecule has 3 aromatic heterocycles. The summed E-state index contributed by atoms with van der Waals surface area (Å²) >= 11 is 7.27. The minimum atomic E-state index is -0.406. The zero-order valence-corrected chi connectivity index (χ0v) is 17.0.